The molecule has 3 aromatic rings. The van der Waals surface area contributed by atoms with E-state index in [1.54, 1.807) is 24.4 Å². The Morgan fingerprint density at radius 2 is 1.90 bits per heavy atom. The molecule has 1 heterocycles. The van der Waals surface area contributed by atoms with Crippen LogP contribution >= 0.6 is 23.4 Å². The number of hydrogen-bond acceptors (Lipinski definition) is 4. The summed E-state index contributed by atoms with van der Waals surface area (Å²) in [5, 5.41) is 6.53. The van der Waals surface area contributed by atoms with Gasteiger partial charge < -0.3 is 10.6 Å². The van der Waals surface area contributed by atoms with Gasteiger partial charge in [0, 0.05) is 30.7 Å². The number of carbonyl (C=O) groups excluding carboxylic acids is 2. The zero-order chi connectivity index (χ0) is 21.0. The Bertz CT molecular complexity index is 1060. The highest BCUT2D eigenvalue weighted by Gasteiger charge is 2.11. The number of amides is 2. The van der Waals surface area contributed by atoms with Crippen LogP contribution in [-0.2, 0) is 9.59 Å². The first-order valence-electron chi connectivity index (χ1n) is 8.94. The van der Waals surface area contributed by atoms with Crippen LogP contribution in [0.5, 0.6) is 0 Å². The molecular formula is C21H21ClN4O2S. The first-order valence-corrected chi connectivity index (χ1v) is 10.3. The van der Waals surface area contributed by atoms with Crippen LogP contribution in [0.4, 0.5) is 11.4 Å². The Hall–Kier alpha value is -2.77. The highest BCUT2D eigenvalue weighted by molar-refractivity contribution is 7.99. The monoisotopic (exact) mass is 428 g/mol. The summed E-state index contributed by atoms with van der Waals surface area (Å²) in [6.45, 7) is 5.55. The number of rotatable bonds is 6. The van der Waals surface area contributed by atoms with E-state index in [0.717, 1.165) is 10.8 Å². The van der Waals surface area contributed by atoms with Gasteiger partial charge in [0.25, 0.3) is 0 Å². The number of halogens is 1. The van der Waals surface area contributed by atoms with Crippen molar-refractivity contribution in [2.75, 3.05) is 16.4 Å². The molecule has 3 rings (SSSR count). The second-order valence-electron chi connectivity index (χ2n) is 6.56. The molecule has 6 nitrogen and oxygen atoms in total. The van der Waals surface area contributed by atoms with Crippen LogP contribution in [0.3, 0.4) is 0 Å². The molecule has 8 heteroatoms. The molecule has 0 saturated heterocycles. The van der Waals surface area contributed by atoms with Gasteiger partial charge in [0.1, 0.15) is 0 Å². The number of nitrogens with one attached hydrogen (secondary N) is 2. The first kappa shape index (κ1) is 21.0. The average Bonchev–Trinajstić information content (AvgIpc) is 3.13. The lowest BCUT2D eigenvalue weighted by molar-refractivity contribution is -0.114. The third-order valence-corrected chi connectivity index (χ3v) is 5.55. The van der Waals surface area contributed by atoms with Crippen LogP contribution in [0.1, 0.15) is 18.1 Å². The molecule has 0 radical (unpaired) electrons. The zero-order valence-electron chi connectivity index (χ0n) is 16.3. The van der Waals surface area contributed by atoms with Gasteiger partial charge in [0.05, 0.1) is 16.5 Å². The Kier molecular flexibility index (Phi) is 6.61. The number of carbonyl (C=O) groups is 2. The number of benzene rings is 2. The van der Waals surface area contributed by atoms with E-state index in [9.17, 15) is 9.59 Å². The molecule has 1 aromatic heterocycles. The standard InChI is InChI=1S/C21H21ClN4O2S/c1-13-4-6-17(10-14(13)2)26-9-8-23-21(26)29-12-20(28)25-16-5-7-19(18(22)11-16)24-15(3)27/h4-11H,12H2,1-3H3,(H,24,27)(H,25,28). The van der Waals surface area contributed by atoms with Gasteiger partial charge in [0.2, 0.25) is 11.8 Å². The maximum Gasteiger partial charge on any atom is 0.234 e. The highest BCUT2D eigenvalue weighted by atomic mass is 35.5. The fourth-order valence-electron chi connectivity index (χ4n) is 2.68. The molecule has 0 unspecified atom stereocenters. The molecule has 29 heavy (non-hydrogen) atoms. The minimum atomic E-state index is -0.209. The molecule has 2 amide bonds. The Balaban J connectivity index is 1.63. The molecule has 0 saturated carbocycles. The molecule has 2 aromatic carbocycles. The molecule has 0 aliphatic rings. The molecule has 0 aliphatic heterocycles. The third kappa shape index (κ3) is 5.40. The van der Waals surface area contributed by atoms with Crippen molar-refractivity contribution in [3.63, 3.8) is 0 Å². The molecular weight excluding hydrogens is 408 g/mol. The fourth-order valence-corrected chi connectivity index (χ4v) is 3.68. The van der Waals surface area contributed by atoms with E-state index in [2.05, 4.69) is 41.6 Å². The van der Waals surface area contributed by atoms with Crippen molar-refractivity contribution >= 4 is 46.6 Å². The predicted octanol–water partition coefficient (Wildman–Crippen LogP) is 4.83. The van der Waals surface area contributed by atoms with Gasteiger partial charge in [-0.2, -0.15) is 0 Å². The van der Waals surface area contributed by atoms with Gasteiger partial charge in [-0.15, -0.1) is 0 Å². The van der Waals surface area contributed by atoms with Crippen molar-refractivity contribution in [2.24, 2.45) is 0 Å². The molecule has 0 spiro atoms. The van der Waals surface area contributed by atoms with Crippen molar-refractivity contribution in [2.45, 2.75) is 25.9 Å². The van der Waals surface area contributed by atoms with Crippen LogP contribution in [0.15, 0.2) is 53.9 Å². The number of hydrogen-bond donors (Lipinski definition) is 2. The quantitative estimate of drug-likeness (QED) is 0.551. The van der Waals surface area contributed by atoms with Crippen LogP contribution < -0.4 is 10.6 Å². The fraction of sp³-hybridized carbons (Fsp3) is 0.190. The average molecular weight is 429 g/mol. The summed E-state index contributed by atoms with van der Waals surface area (Å²) in [4.78, 5) is 27.8. The van der Waals surface area contributed by atoms with E-state index in [-0.39, 0.29) is 17.6 Å². The maximum atomic E-state index is 12.3. The summed E-state index contributed by atoms with van der Waals surface area (Å²) < 4.78 is 1.96. The van der Waals surface area contributed by atoms with Crippen LogP contribution in [0.2, 0.25) is 5.02 Å². The van der Waals surface area contributed by atoms with E-state index in [1.807, 2.05) is 16.8 Å². The molecule has 2 N–H and O–H groups in total. The summed E-state index contributed by atoms with van der Waals surface area (Å²) >= 11 is 7.49. The SMILES string of the molecule is CC(=O)Nc1ccc(NC(=O)CSc2nccn2-c2ccc(C)c(C)c2)cc1Cl. The van der Waals surface area contributed by atoms with Gasteiger partial charge >= 0.3 is 0 Å². The van der Waals surface area contributed by atoms with Gasteiger partial charge in [-0.3, -0.25) is 14.2 Å². The minimum Gasteiger partial charge on any atom is -0.325 e. The van der Waals surface area contributed by atoms with E-state index >= 15 is 0 Å². The number of nitrogens with zero attached hydrogens (tertiary/aromatic N) is 2. The summed E-state index contributed by atoms with van der Waals surface area (Å²) in [6.07, 6.45) is 3.60. The van der Waals surface area contributed by atoms with Crippen molar-refractivity contribution in [1.29, 1.82) is 0 Å². The molecule has 0 atom stereocenters. The Morgan fingerprint density at radius 3 is 2.59 bits per heavy atom. The summed E-state index contributed by atoms with van der Waals surface area (Å²) in [7, 11) is 0. The van der Waals surface area contributed by atoms with Gasteiger partial charge in [0.15, 0.2) is 5.16 Å². The van der Waals surface area contributed by atoms with Crippen LogP contribution in [0, 0.1) is 13.8 Å². The predicted molar refractivity (Wildman–Crippen MR) is 118 cm³/mol. The number of thioether (sulfide) groups is 1. The van der Waals surface area contributed by atoms with Gasteiger partial charge in [-0.05, 0) is 55.3 Å². The van der Waals surface area contributed by atoms with Crippen molar-refractivity contribution < 1.29 is 9.59 Å². The second-order valence-corrected chi connectivity index (χ2v) is 7.91. The number of aryl methyl sites for hydroxylation is 2. The van der Waals surface area contributed by atoms with Crippen molar-refractivity contribution in [1.82, 2.24) is 9.55 Å². The lowest BCUT2D eigenvalue weighted by Gasteiger charge is -2.11. The largest absolute Gasteiger partial charge is 0.325 e. The van der Waals surface area contributed by atoms with E-state index in [1.165, 1.54) is 29.8 Å². The maximum absolute atomic E-state index is 12.3. The highest BCUT2D eigenvalue weighted by Crippen LogP contribution is 2.26. The topological polar surface area (TPSA) is 76.0 Å². The normalized spacial score (nSPS) is 10.6. The van der Waals surface area contributed by atoms with E-state index in [0.29, 0.717) is 16.4 Å². The van der Waals surface area contributed by atoms with Gasteiger partial charge in [-0.25, -0.2) is 4.98 Å². The summed E-state index contributed by atoms with van der Waals surface area (Å²) in [6, 6.07) is 11.1. The molecule has 0 fully saturated rings. The Morgan fingerprint density at radius 1 is 1.10 bits per heavy atom. The first-order chi connectivity index (χ1) is 13.8. The summed E-state index contributed by atoms with van der Waals surface area (Å²) in [5.41, 5.74) is 4.50. The number of aromatic nitrogens is 2. The van der Waals surface area contributed by atoms with Crippen molar-refractivity contribution in [3.8, 4) is 5.69 Å². The number of anilines is 2. The lowest BCUT2D eigenvalue weighted by Crippen LogP contribution is -2.15. The molecule has 150 valence electrons. The zero-order valence-corrected chi connectivity index (χ0v) is 17.9. The van der Waals surface area contributed by atoms with Crippen LogP contribution in [-0.4, -0.2) is 27.1 Å². The third-order valence-electron chi connectivity index (χ3n) is 4.27. The van der Waals surface area contributed by atoms with Gasteiger partial charge in [-0.1, -0.05) is 29.4 Å². The summed E-state index contributed by atoms with van der Waals surface area (Å²) in [5.74, 6) is -0.181. The Labute approximate surface area is 178 Å². The van der Waals surface area contributed by atoms with E-state index in [4.69, 9.17) is 11.6 Å². The minimum absolute atomic E-state index is 0.173. The second kappa shape index (κ2) is 9.15. The van der Waals surface area contributed by atoms with Crippen LogP contribution in [0.25, 0.3) is 5.69 Å². The van der Waals surface area contributed by atoms with Crippen molar-refractivity contribution in [3.05, 3.63) is 64.9 Å². The smallest absolute Gasteiger partial charge is 0.234 e. The molecule has 0 aliphatic carbocycles. The van der Waals surface area contributed by atoms with E-state index < -0.39 is 0 Å². The number of imidazole rings is 1. The lowest BCUT2D eigenvalue weighted by atomic mass is 10.1. The molecule has 0 bridgehead atoms.